The molecule has 1 fully saturated rings. The quantitative estimate of drug-likeness (QED) is 0.709. The Hall–Kier alpha value is -0.910. The summed E-state index contributed by atoms with van der Waals surface area (Å²) in [5.41, 5.74) is -0.767. The van der Waals surface area contributed by atoms with Gasteiger partial charge in [-0.1, -0.05) is 13.8 Å². The molecule has 2 amide bonds. The van der Waals surface area contributed by atoms with E-state index in [0.717, 1.165) is 24.3 Å². The van der Waals surface area contributed by atoms with Crippen molar-refractivity contribution in [2.45, 2.75) is 52.5 Å². The minimum atomic E-state index is -0.783. The number of urea groups is 1. The monoisotopic (exact) mass is 316 g/mol. The van der Waals surface area contributed by atoms with Crippen LogP contribution in [0.15, 0.2) is 0 Å². The van der Waals surface area contributed by atoms with Crippen molar-refractivity contribution in [3.63, 3.8) is 0 Å². The van der Waals surface area contributed by atoms with Crippen LogP contribution in [0.4, 0.5) is 4.79 Å². The standard InChI is InChI=1S/C15H28N2O3S/c1-4-15(13(18)19)8-6-9-17(11-15)14(20)16-12(3)7-10-21-5-2/h12H,4-11H2,1-3H3,(H,16,20)(H,18,19). The predicted molar refractivity (Wildman–Crippen MR) is 86.8 cm³/mol. The third-order valence-electron chi connectivity index (χ3n) is 4.26. The number of hydrogen-bond donors (Lipinski definition) is 2. The highest BCUT2D eigenvalue weighted by molar-refractivity contribution is 7.99. The van der Waals surface area contributed by atoms with E-state index in [-0.39, 0.29) is 12.1 Å². The van der Waals surface area contributed by atoms with Crippen molar-refractivity contribution in [2.75, 3.05) is 24.6 Å². The van der Waals surface area contributed by atoms with Crippen LogP contribution in [0.3, 0.4) is 0 Å². The normalized spacial score (nSPS) is 23.7. The van der Waals surface area contributed by atoms with Crippen LogP contribution in [-0.2, 0) is 4.79 Å². The van der Waals surface area contributed by atoms with Crippen LogP contribution < -0.4 is 5.32 Å². The maximum absolute atomic E-state index is 12.3. The van der Waals surface area contributed by atoms with Gasteiger partial charge in [-0.2, -0.15) is 11.8 Å². The van der Waals surface area contributed by atoms with Gasteiger partial charge in [-0.3, -0.25) is 4.79 Å². The molecule has 0 bridgehead atoms. The average molecular weight is 316 g/mol. The summed E-state index contributed by atoms with van der Waals surface area (Å²) in [6.45, 7) is 6.98. The van der Waals surface area contributed by atoms with E-state index in [9.17, 15) is 14.7 Å². The van der Waals surface area contributed by atoms with Crippen LogP contribution in [0.1, 0.15) is 46.5 Å². The van der Waals surface area contributed by atoms with Gasteiger partial charge in [-0.25, -0.2) is 4.79 Å². The van der Waals surface area contributed by atoms with Crippen molar-refractivity contribution < 1.29 is 14.7 Å². The van der Waals surface area contributed by atoms with E-state index >= 15 is 0 Å². The number of carbonyl (C=O) groups excluding carboxylic acids is 1. The van der Waals surface area contributed by atoms with Crippen LogP contribution in [-0.4, -0.2) is 52.6 Å². The molecule has 0 aromatic rings. The SMILES string of the molecule is CCSCCC(C)NC(=O)N1CCCC(CC)(C(=O)O)C1. The first kappa shape index (κ1) is 18.1. The summed E-state index contributed by atoms with van der Waals surface area (Å²) in [4.78, 5) is 25.5. The Morgan fingerprint density at radius 3 is 2.71 bits per heavy atom. The van der Waals surface area contributed by atoms with Gasteiger partial charge in [0.1, 0.15) is 0 Å². The molecule has 0 radical (unpaired) electrons. The molecule has 21 heavy (non-hydrogen) atoms. The minimum absolute atomic E-state index is 0.122. The molecular weight excluding hydrogens is 288 g/mol. The van der Waals surface area contributed by atoms with E-state index in [2.05, 4.69) is 12.2 Å². The number of hydrogen-bond acceptors (Lipinski definition) is 3. The minimum Gasteiger partial charge on any atom is -0.481 e. The predicted octanol–water partition coefficient (Wildman–Crippen LogP) is 2.80. The fraction of sp³-hybridized carbons (Fsp3) is 0.867. The van der Waals surface area contributed by atoms with Gasteiger partial charge in [0.25, 0.3) is 0 Å². The fourth-order valence-electron chi connectivity index (χ4n) is 2.70. The Morgan fingerprint density at radius 1 is 1.43 bits per heavy atom. The zero-order valence-electron chi connectivity index (χ0n) is 13.4. The maximum atomic E-state index is 12.3. The molecule has 0 aromatic heterocycles. The number of nitrogens with zero attached hydrogens (tertiary/aromatic N) is 1. The highest BCUT2D eigenvalue weighted by Crippen LogP contribution is 2.33. The number of carboxylic acids is 1. The lowest BCUT2D eigenvalue weighted by atomic mass is 9.78. The first-order chi connectivity index (χ1) is 9.95. The molecule has 6 heteroatoms. The van der Waals surface area contributed by atoms with Crippen LogP contribution in [0.25, 0.3) is 0 Å². The van der Waals surface area contributed by atoms with Gasteiger partial charge in [0.05, 0.1) is 5.41 Å². The van der Waals surface area contributed by atoms with Gasteiger partial charge in [0.15, 0.2) is 0 Å². The third kappa shape index (κ3) is 5.09. The average Bonchev–Trinajstić information content (AvgIpc) is 2.47. The molecule has 1 aliphatic heterocycles. The van der Waals surface area contributed by atoms with E-state index in [1.807, 2.05) is 25.6 Å². The highest BCUT2D eigenvalue weighted by Gasteiger charge is 2.42. The van der Waals surface area contributed by atoms with E-state index in [4.69, 9.17) is 0 Å². The number of amides is 2. The van der Waals surface area contributed by atoms with Gasteiger partial charge >= 0.3 is 12.0 Å². The van der Waals surface area contributed by atoms with Crippen molar-refractivity contribution in [3.05, 3.63) is 0 Å². The Kier molecular flexibility index (Phi) is 7.35. The number of thioether (sulfide) groups is 1. The Morgan fingerprint density at radius 2 is 2.14 bits per heavy atom. The number of nitrogens with one attached hydrogen (secondary N) is 1. The topological polar surface area (TPSA) is 69.6 Å². The van der Waals surface area contributed by atoms with Gasteiger partial charge in [0.2, 0.25) is 0 Å². The molecule has 2 unspecified atom stereocenters. The summed E-state index contributed by atoms with van der Waals surface area (Å²) in [6.07, 6.45) is 2.92. The zero-order valence-corrected chi connectivity index (χ0v) is 14.2. The first-order valence-electron chi connectivity index (χ1n) is 7.81. The molecule has 0 aromatic carbocycles. The lowest BCUT2D eigenvalue weighted by Gasteiger charge is -2.39. The molecule has 1 aliphatic rings. The van der Waals surface area contributed by atoms with Crippen molar-refractivity contribution in [3.8, 4) is 0 Å². The molecule has 2 N–H and O–H groups in total. The molecular formula is C15H28N2O3S. The Balaban J connectivity index is 2.52. The zero-order chi connectivity index (χ0) is 15.9. The number of carboxylic acid groups (broad SMARTS) is 1. The fourth-order valence-corrected chi connectivity index (χ4v) is 3.51. The molecule has 1 rings (SSSR count). The molecule has 5 nitrogen and oxygen atoms in total. The summed E-state index contributed by atoms with van der Waals surface area (Å²) < 4.78 is 0. The van der Waals surface area contributed by atoms with E-state index in [1.165, 1.54) is 0 Å². The Bertz CT molecular complexity index is 365. The number of rotatable bonds is 7. The lowest BCUT2D eigenvalue weighted by molar-refractivity contribution is -0.152. The second-order valence-corrected chi connectivity index (χ2v) is 7.19. The molecule has 1 saturated heterocycles. The van der Waals surface area contributed by atoms with Crippen molar-refractivity contribution in [2.24, 2.45) is 5.41 Å². The number of piperidine rings is 1. The van der Waals surface area contributed by atoms with Gasteiger partial charge in [-0.05, 0) is 44.1 Å². The highest BCUT2D eigenvalue weighted by atomic mass is 32.2. The number of aliphatic carboxylic acids is 1. The number of likely N-dealkylation sites (tertiary alicyclic amines) is 1. The largest absolute Gasteiger partial charge is 0.481 e. The summed E-state index contributed by atoms with van der Waals surface area (Å²) in [7, 11) is 0. The van der Waals surface area contributed by atoms with Crippen LogP contribution >= 0.6 is 11.8 Å². The molecule has 0 aliphatic carbocycles. The van der Waals surface area contributed by atoms with Crippen molar-refractivity contribution >= 4 is 23.8 Å². The summed E-state index contributed by atoms with van der Waals surface area (Å²) in [5.74, 6) is 1.34. The van der Waals surface area contributed by atoms with Crippen LogP contribution in [0.5, 0.6) is 0 Å². The lowest BCUT2D eigenvalue weighted by Crippen LogP contribution is -2.53. The van der Waals surface area contributed by atoms with E-state index in [1.54, 1.807) is 4.90 Å². The molecule has 0 spiro atoms. The maximum Gasteiger partial charge on any atom is 0.317 e. The van der Waals surface area contributed by atoms with Crippen molar-refractivity contribution in [1.29, 1.82) is 0 Å². The third-order valence-corrected chi connectivity index (χ3v) is 5.20. The van der Waals surface area contributed by atoms with Gasteiger partial charge < -0.3 is 15.3 Å². The molecule has 2 atom stereocenters. The van der Waals surface area contributed by atoms with E-state index < -0.39 is 11.4 Å². The molecule has 1 heterocycles. The van der Waals surface area contributed by atoms with Gasteiger partial charge in [0, 0.05) is 19.1 Å². The summed E-state index contributed by atoms with van der Waals surface area (Å²) in [6, 6.07) is 0.00195. The van der Waals surface area contributed by atoms with E-state index in [0.29, 0.717) is 25.9 Å². The Labute approximate surface area is 131 Å². The van der Waals surface area contributed by atoms with Crippen LogP contribution in [0, 0.1) is 5.41 Å². The molecule has 0 saturated carbocycles. The second-order valence-electron chi connectivity index (χ2n) is 5.80. The van der Waals surface area contributed by atoms with Crippen LogP contribution in [0.2, 0.25) is 0 Å². The van der Waals surface area contributed by atoms with Crippen molar-refractivity contribution in [1.82, 2.24) is 10.2 Å². The second kappa shape index (κ2) is 8.51. The molecule has 122 valence electrons. The summed E-state index contributed by atoms with van der Waals surface area (Å²) in [5, 5.41) is 12.4. The number of carbonyl (C=O) groups is 2. The smallest absolute Gasteiger partial charge is 0.317 e. The van der Waals surface area contributed by atoms with Gasteiger partial charge in [-0.15, -0.1) is 0 Å². The summed E-state index contributed by atoms with van der Waals surface area (Å²) >= 11 is 1.86. The first-order valence-corrected chi connectivity index (χ1v) is 8.97.